The number of ketones is 1. The molecule has 0 spiro atoms. The van der Waals surface area contributed by atoms with Crippen molar-refractivity contribution in [2.24, 2.45) is 0 Å². The molecule has 0 saturated carbocycles. The third kappa shape index (κ3) is 2.87. The average Bonchev–Trinajstić information content (AvgIpc) is 2.99. The second-order valence-electron chi connectivity index (χ2n) is 5.03. The van der Waals surface area contributed by atoms with Crippen LogP contribution < -0.4 is 4.74 Å². The number of aliphatic hydroxyl groups excluding tert-OH is 1. The van der Waals surface area contributed by atoms with E-state index in [0.29, 0.717) is 29.9 Å². The highest BCUT2D eigenvalue weighted by molar-refractivity contribution is 6.16. The first-order chi connectivity index (χ1) is 10.8. The van der Waals surface area contributed by atoms with Crippen LogP contribution in [0.25, 0.3) is 10.9 Å². The largest absolute Gasteiger partial charge is 0.494 e. The summed E-state index contributed by atoms with van der Waals surface area (Å²) in [6.45, 7) is 0.573. The van der Waals surface area contributed by atoms with Gasteiger partial charge in [-0.3, -0.25) is 4.79 Å². The molecule has 0 aliphatic carbocycles. The summed E-state index contributed by atoms with van der Waals surface area (Å²) in [5.41, 5.74) is 2.25. The van der Waals surface area contributed by atoms with Crippen molar-refractivity contribution in [1.82, 2.24) is 4.98 Å². The van der Waals surface area contributed by atoms with Crippen LogP contribution in [-0.2, 0) is 0 Å². The zero-order valence-electron chi connectivity index (χ0n) is 12.1. The standard InChI is InChI=1S/C18H17NO3/c20-10-3-11-22-14-8-6-13(7-9-14)18(21)16-12-19-17-5-2-1-4-15(16)17/h1-2,4-9,12,19-20H,3,10-11H2. The Hall–Kier alpha value is -2.59. The minimum absolute atomic E-state index is 0.0145. The fraction of sp³-hybridized carbons (Fsp3) is 0.167. The van der Waals surface area contributed by atoms with Crippen LogP contribution in [0.3, 0.4) is 0 Å². The molecule has 0 unspecified atom stereocenters. The summed E-state index contributed by atoms with van der Waals surface area (Å²) < 4.78 is 5.46. The number of ether oxygens (including phenoxy) is 1. The van der Waals surface area contributed by atoms with Crippen molar-refractivity contribution in [2.75, 3.05) is 13.2 Å². The van der Waals surface area contributed by atoms with Crippen molar-refractivity contribution in [3.63, 3.8) is 0 Å². The molecule has 4 nitrogen and oxygen atoms in total. The van der Waals surface area contributed by atoms with E-state index in [9.17, 15) is 4.79 Å². The third-order valence-corrected chi connectivity index (χ3v) is 3.52. The molecule has 1 aromatic heterocycles. The molecular weight excluding hydrogens is 278 g/mol. The topological polar surface area (TPSA) is 62.3 Å². The fourth-order valence-electron chi connectivity index (χ4n) is 2.37. The summed E-state index contributed by atoms with van der Waals surface area (Å²) in [5.74, 6) is 0.684. The van der Waals surface area contributed by atoms with E-state index in [1.165, 1.54) is 0 Å². The van der Waals surface area contributed by atoms with Crippen LogP contribution >= 0.6 is 0 Å². The minimum Gasteiger partial charge on any atom is -0.494 e. The molecule has 0 bridgehead atoms. The molecule has 4 heteroatoms. The van der Waals surface area contributed by atoms with Crippen LogP contribution in [0.15, 0.2) is 54.7 Å². The number of fused-ring (bicyclic) bond motifs is 1. The second-order valence-corrected chi connectivity index (χ2v) is 5.03. The Morgan fingerprint density at radius 2 is 1.86 bits per heavy atom. The maximum absolute atomic E-state index is 12.6. The van der Waals surface area contributed by atoms with Gasteiger partial charge in [-0.15, -0.1) is 0 Å². The SMILES string of the molecule is O=C(c1ccc(OCCCO)cc1)c1c[nH]c2ccccc12. The number of aromatic nitrogens is 1. The summed E-state index contributed by atoms with van der Waals surface area (Å²) in [5, 5.41) is 9.65. The first kappa shape index (κ1) is 14.4. The Kier molecular flexibility index (Phi) is 4.21. The quantitative estimate of drug-likeness (QED) is 0.542. The third-order valence-electron chi connectivity index (χ3n) is 3.52. The van der Waals surface area contributed by atoms with E-state index < -0.39 is 0 Å². The van der Waals surface area contributed by atoms with Crippen LogP contribution in [0, 0.1) is 0 Å². The number of carbonyl (C=O) groups excluding carboxylic acids is 1. The van der Waals surface area contributed by atoms with Gasteiger partial charge in [-0.1, -0.05) is 18.2 Å². The molecule has 0 radical (unpaired) electrons. The smallest absolute Gasteiger partial charge is 0.195 e. The number of H-pyrrole nitrogens is 1. The second kappa shape index (κ2) is 6.45. The zero-order valence-corrected chi connectivity index (χ0v) is 12.1. The lowest BCUT2D eigenvalue weighted by Crippen LogP contribution is -2.02. The molecule has 0 atom stereocenters. The van der Waals surface area contributed by atoms with Gasteiger partial charge < -0.3 is 14.8 Å². The Morgan fingerprint density at radius 3 is 2.64 bits per heavy atom. The molecule has 0 saturated heterocycles. The highest BCUT2D eigenvalue weighted by atomic mass is 16.5. The summed E-state index contributed by atoms with van der Waals surface area (Å²) in [4.78, 5) is 15.7. The van der Waals surface area contributed by atoms with Gasteiger partial charge in [0.15, 0.2) is 5.78 Å². The number of hydrogen-bond donors (Lipinski definition) is 2. The van der Waals surface area contributed by atoms with E-state index in [1.807, 2.05) is 24.3 Å². The molecule has 0 aliphatic heterocycles. The van der Waals surface area contributed by atoms with Gasteiger partial charge in [0.2, 0.25) is 0 Å². The van der Waals surface area contributed by atoms with Gasteiger partial charge in [-0.05, 0) is 30.3 Å². The van der Waals surface area contributed by atoms with E-state index >= 15 is 0 Å². The number of carbonyl (C=O) groups is 1. The van der Waals surface area contributed by atoms with Crippen molar-refractivity contribution in [3.8, 4) is 5.75 Å². The van der Waals surface area contributed by atoms with Crippen molar-refractivity contribution in [3.05, 3.63) is 65.9 Å². The predicted molar refractivity (Wildman–Crippen MR) is 85.4 cm³/mol. The van der Waals surface area contributed by atoms with Gasteiger partial charge in [0.25, 0.3) is 0 Å². The van der Waals surface area contributed by atoms with Gasteiger partial charge >= 0.3 is 0 Å². The molecule has 112 valence electrons. The summed E-state index contributed by atoms with van der Waals surface area (Å²) in [6, 6.07) is 14.8. The molecular formula is C18H17NO3. The summed E-state index contributed by atoms with van der Waals surface area (Å²) >= 11 is 0. The Labute approximate surface area is 128 Å². The molecule has 2 N–H and O–H groups in total. The highest BCUT2D eigenvalue weighted by Crippen LogP contribution is 2.22. The number of nitrogens with one attached hydrogen (secondary N) is 1. The Morgan fingerprint density at radius 1 is 1.09 bits per heavy atom. The van der Waals surface area contributed by atoms with Crippen LogP contribution in [0.5, 0.6) is 5.75 Å². The van der Waals surface area contributed by atoms with Crippen molar-refractivity contribution in [2.45, 2.75) is 6.42 Å². The van der Waals surface area contributed by atoms with Gasteiger partial charge in [0.05, 0.1) is 6.61 Å². The lowest BCUT2D eigenvalue weighted by atomic mass is 10.0. The fourth-order valence-corrected chi connectivity index (χ4v) is 2.37. The first-order valence-corrected chi connectivity index (χ1v) is 7.24. The van der Waals surface area contributed by atoms with Crippen LogP contribution in [0.4, 0.5) is 0 Å². The maximum Gasteiger partial charge on any atom is 0.195 e. The van der Waals surface area contributed by atoms with Crippen molar-refractivity contribution in [1.29, 1.82) is 0 Å². The number of benzene rings is 2. The monoisotopic (exact) mass is 295 g/mol. The normalized spacial score (nSPS) is 10.8. The van der Waals surface area contributed by atoms with Gasteiger partial charge in [0.1, 0.15) is 5.75 Å². The molecule has 1 heterocycles. The zero-order chi connectivity index (χ0) is 15.4. The highest BCUT2D eigenvalue weighted by Gasteiger charge is 2.13. The molecule has 0 amide bonds. The van der Waals surface area contributed by atoms with E-state index in [-0.39, 0.29) is 12.4 Å². The molecule has 3 aromatic rings. The van der Waals surface area contributed by atoms with Gasteiger partial charge in [-0.2, -0.15) is 0 Å². The predicted octanol–water partition coefficient (Wildman–Crippen LogP) is 3.16. The molecule has 0 fully saturated rings. The Balaban J connectivity index is 1.80. The first-order valence-electron chi connectivity index (χ1n) is 7.24. The number of aliphatic hydroxyl groups is 1. The number of rotatable bonds is 6. The molecule has 22 heavy (non-hydrogen) atoms. The lowest BCUT2D eigenvalue weighted by Gasteiger charge is -2.06. The maximum atomic E-state index is 12.6. The number of para-hydroxylation sites is 1. The number of hydrogen-bond acceptors (Lipinski definition) is 3. The lowest BCUT2D eigenvalue weighted by molar-refractivity contribution is 0.104. The molecule has 2 aromatic carbocycles. The van der Waals surface area contributed by atoms with Crippen molar-refractivity contribution >= 4 is 16.7 Å². The summed E-state index contributed by atoms with van der Waals surface area (Å²) in [6.07, 6.45) is 2.34. The molecule has 0 aliphatic rings. The minimum atomic E-state index is -0.0145. The van der Waals surface area contributed by atoms with Crippen LogP contribution in [0.2, 0.25) is 0 Å². The van der Waals surface area contributed by atoms with E-state index in [1.54, 1.807) is 30.5 Å². The van der Waals surface area contributed by atoms with Gasteiger partial charge in [-0.25, -0.2) is 0 Å². The van der Waals surface area contributed by atoms with E-state index in [0.717, 1.165) is 10.9 Å². The van der Waals surface area contributed by atoms with Crippen LogP contribution in [0.1, 0.15) is 22.3 Å². The van der Waals surface area contributed by atoms with Crippen molar-refractivity contribution < 1.29 is 14.6 Å². The van der Waals surface area contributed by atoms with E-state index in [2.05, 4.69) is 4.98 Å². The van der Waals surface area contributed by atoms with Crippen LogP contribution in [-0.4, -0.2) is 29.1 Å². The summed E-state index contributed by atoms with van der Waals surface area (Å²) in [7, 11) is 0. The Bertz CT molecular complexity index is 774. The average molecular weight is 295 g/mol. The number of aromatic amines is 1. The van der Waals surface area contributed by atoms with Gasteiger partial charge in [0, 0.05) is 41.3 Å². The molecule has 3 rings (SSSR count). The van der Waals surface area contributed by atoms with E-state index in [4.69, 9.17) is 9.84 Å².